The Morgan fingerprint density at radius 2 is 2.06 bits per heavy atom. The third-order valence-electron chi connectivity index (χ3n) is 2.93. The van der Waals surface area contributed by atoms with Gasteiger partial charge in [0.2, 0.25) is 5.91 Å². The normalized spacial score (nSPS) is 18.5. The number of carbonyl (C=O) groups excluding carboxylic acids is 1. The largest absolute Gasteiger partial charge is 0.378 e. The lowest BCUT2D eigenvalue weighted by Crippen LogP contribution is -2.49. The van der Waals surface area contributed by atoms with Crippen LogP contribution in [-0.4, -0.2) is 75.2 Å². The molecule has 0 aromatic heterocycles. The fourth-order valence-electron chi connectivity index (χ4n) is 1.86. The van der Waals surface area contributed by atoms with Crippen LogP contribution in [0.3, 0.4) is 0 Å². The van der Waals surface area contributed by atoms with E-state index in [2.05, 4.69) is 24.3 Å². The molecule has 5 heteroatoms. The van der Waals surface area contributed by atoms with Gasteiger partial charge >= 0.3 is 0 Å². The van der Waals surface area contributed by atoms with E-state index in [1.54, 1.807) is 0 Å². The molecule has 0 radical (unpaired) electrons. The molecule has 1 heterocycles. The number of rotatable bonds is 6. The van der Waals surface area contributed by atoms with Gasteiger partial charge in [0.15, 0.2) is 0 Å². The quantitative estimate of drug-likeness (QED) is 0.655. The number of nitrogens with one attached hydrogen (secondary N) is 1. The fraction of sp³-hybridized carbons (Fsp3) is 0.917. The van der Waals surface area contributed by atoms with E-state index in [0.29, 0.717) is 13.2 Å². The summed E-state index contributed by atoms with van der Waals surface area (Å²) < 4.78 is 5.23. The van der Waals surface area contributed by atoms with Gasteiger partial charge < -0.3 is 19.9 Å². The lowest BCUT2D eigenvalue weighted by Gasteiger charge is -2.29. The molecule has 1 unspecified atom stereocenters. The Morgan fingerprint density at radius 3 is 2.65 bits per heavy atom. The molecule has 100 valence electrons. The first-order valence-corrected chi connectivity index (χ1v) is 6.36. The van der Waals surface area contributed by atoms with Gasteiger partial charge in [0.1, 0.15) is 0 Å². The second-order valence-electron chi connectivity index (χ2n) is 4.77. The second kappa shape index (κ2) is 7.63. The molecule has 0 aromatic carbocycles. The Labute approximate surface area is 104 Å². The van der Waals surface area contributed by atoms with Crippen molar-refractivity contribution in [3.8, 4) is 0 Å². The maximum atomic E-state index is 12.0. The number of morpholine rings is 1. The minimum absolute atomic E-state index is 0.0877. The molecule has 1 amide bonds. The highest BCUT2D eigenvalue weighted by atomic mass is 16.5. The Kier molecular flexibility index (Phi) is 6.47. The summed E-state index contributed by atoms with van der Waals surface area (Å²) in [6, 6.07) is -0.0877. The highest BCUT2D eigenvalue weighted by Crippen LogP contribution is 2.00. The first-order valence-electron chi connectivity index (χ1n) is 6.36. The van der Waals surface area contributed by atoms with Crippen LogP contribution in [0, 0.1) is 0 Å². The molecule has 17 heavy (non-hydrogen) atoms. The van der Waals surface area contributed by atoms with Crippen LogP contribution >= 0.6 is 0 Å². The summed E-state index contributed by atoms with van der Waals surface area (Å²) >= 11 is 0. The van der Waals surface area contributed by atoms with Gasteiger partial charge in [-0.25, -0.2) is 0 Å². The molecule has 1 saturated heterocycles. The zero-order valence-electron chi connectivity index (χ0n) is 11.2. The average Bonchev–Trinajstić information content (AvgIpc) is 2.34. The summed E-state index contributed by atoms with van der Waals surface area (Å²) in [5, 5.41) is 3.28. The standard InChI is InChI=1S/C12H25N3O2/c1-11(13-5-4-6-14(2)3)12(16)15-7-9-17-10-8-15/h11,13H,4-10H2,1-3H3. The van der Waals surface area contributed by atoms with Crippen molar-refractivity contribution in [3.05, 3.63) is 0 Å². The van der Waals surface area contributed by atoms with Crippen molar-refractivity contribution in [2.24, 2.45) is 0 Å². The van der Waals surface area contributed by atoms with Crippen molar-refractivity contribution >= 4 is 5.91 Å². The first kappa shape index (κ1) is 14.4. The Morgan fingerprint density at radius 1 is 1.41 bits per heavy atom. The van der Waals surface area contributed by atoms with Gasteiger partial charge in [-0.15, -0.1) is 0 Å². The molecule has 1 rings (SSSR count). The molecule has 0 saturated carbocycles. The van der Waals surface area contributed by atoms with Crippen molar-refractivity contribution in [2.45, 2.75) is 19.4 Å². The van der Waals surface area contributed by atoms with E-state index < -0.39 is 0 Å². The van der Waals surface area contributed by atoms with E-state index in [4.69, 9.17) is 4.74 Å². The third kappa shape index (κ3) is 5.48. The molecule has 5 nitrogen and oxygen atoms in total. The number of ether oxygens (including phenoxy) is 1. The van der Waals surface area contributed by atoms with Crippen LogP contribution in [0.5, 0.6) is 0 Å². The molecule has 0 spiro atoms. The second-order valence-corrected chi connectivity index (χ2v) is 4.77. The van der Waals surface area contributed by atoms with E-state index in [1.165, 1.54) is 0 Å². The zero-order valence-corrected chi connectivity index (χ0v) is 11.2. The first-order chi connectivity index (χ1) is 8.11. The summed E-state index contributed by atoms with van der Waals surface area (Å²) in [7, 11) is 4.12. The summed E-state index contributed by atoms with van der Waals surface area (Å²) in [6.45, 7) is 6.65. The van der Waals surface area contributed by atoms with E-state index in [9.17, 15) is 4.79 Å². The monoisotopic (exact) mass is 243 g/mol. The minimum atomic E-state index is -0.0877. The lowest BCUT2D eigenvalue weighted by atomic mass is 10.2. The highest BCUT2D eigenvalue weighted by Gasteiger charge is 2.21. The van der Waals surface area contributed by atoms with Crippen LogP contribution < -0.4 is 5.32 Å². The predicted octanol–water partition coefficient (Wildman–Crippen LogP) is -0.225. The molecule has 0 aromatic rings. The molecule has 1 N–H and O–H groups in total. The number of hydrogen-bond acceptors (Lipinski definition) is 4. The molecular weight excluding hydrogens is 218 g/mol. The average molecular weight is 243 g/mol. The fourth-order valence-corrected chi connectivity index (χ4v) is 1.86. The van der Waals surface area contributed by atoms with Crippen molar-refractivity contribution in [1.29, 1.82) is 0 Å². The summed E-state index contributed by atoms with van der Waals surface area (Å²) in [6.07, 6.45) is 1.06. The van der Waals surface area contributed by atoms with Gasteiger partial charge in [0.25, 0.3) is 0 Å². The van der Waals surface area contributed by atoms with Crippen molar-refractivity contribution < 1.29 is 9.53 Å². The van der Waals surface area contributed by atoms with E-state index in [1.807, 2.05) is 11.8 Å². The molecule has 1 fully saturated rings. The maximum Gasteiger partial charge on any atom is 0.239 e. The third-order valence-corrected chi connectivity index (χ3v) is 2.93. The van der Waals surface area contributed by atoms with Crippen LogP contribution in [0.25, 0.3) is 0 Å². The van der Waals surface area contributed by atoms with Crippen LogP contribution in [-0.2, 0) is 9.53 Å². The Bertz CT molecular complexity index is 228. The van der Waals surface area contributed by atoms with Crippen molar-refractivity contribution in [1.82, 2.24) is 15.1 Å². The van der Waals surface area contributed by atoms with Gasteiger partial charge in [0.05, 0.1) is 19.3 Å². The minimum Gasteiger partial charge on any atom is -0.378 e. The molecule has 0 aliphatic carbocycles. The predicted molar refractivity (Wildman–Crippen MR) is 68.0 cm³/mol. The zero-order chi connectivity index (χ0) is 12.7. The molecule has 1 atom stereocenters. The van der Waals surface area contributed by atoms with Crippen LogP contribution in [0.1, 0.15) is 13.3 Å². The van der Waals surface area contributed by atoms with Gasteiger partial charge in [0, 0.05) is 13.1 Å². The van der Waals surface area contributed by atoms with Crippen LogP contribution in [0.2, 0.25) is 0 Å². The van der Waals surface area contributed by atoms with E-state index in [-0.39, 0.29) is 11.9 Å². The van der Waals surface area contributed by atoms with Gasteiger partial charge in [-0.3, -0.25) is 4.79 Å². The van der Waals surface area contributed by atoms with Gasteiger partial charge in [-0.1, -0.05) is 0 Å². The molecule has 1 aliphatic heterocycles. The Hall–Kier alpha value is -0.650. The summed E-state index contributed by atoms with van der Waals surface area (Å²) in [5.74, 6) is 0.193. The molecule has 0 bridgehead atoms. The van der Waals surface area contributed by atoms with Crippen molar-refractivity contribution in [3.63, 3.8) is 0 Å². The lowest BCUT2D eigenvalue weighted by molar-refractivity contribution is -0.137. The summed E-state index contributed by atoms with van der Waals surface area (Å²) in [4.78, 5) is 16.1. The number of amides is 1. The van der Waals surface area contributed by atoms with E-state index >= 15 is 0 Å². The topological polar surface area (TPSA) is 44.8 Å². The SMILES string of the molecule is CC(NCCCN(C)C)C(=O)N1CCOCC1. The van der Waals surface area contributed by atoms with Crippen LogP contribution in [0.4, 0.5) is 0 Å². The summed E-state index contributed by atoms with van der Waals surface area (Å²) in [5.41, 5.74) is 0. The molecule has 1 aliphatic rings. The number of hydrogen-bond donors (Lipinski definition) is 1. The maximum absolute atomic E-state index is 12.0. The van der Waals surface area contributed by atoms with Crippen molar-refractivity contribution in [2.75, 3.05) is 53.5 Å². The highest BCUT2D eigenvalue weighted by molar-refractivity contribution is 5.81. The Balaban J connectivity index is 2.17. The number of nitrogens with zero attached hydrogens (tertiary/aromatic N) is 2. The number of carbonyl (C=O) groups is 1. The van der Waals surface area contributed by atoms with Crippen LogP contribution in [0.15, 0.2) is 0 Å². The van der Waals surface area contributed by atoms with Gasteiger partial charge in [-0.05, 0) is 40.5 Å². The van der Waals surface area contributed by atoms with Gasteiger partial charge in [-0.2, -0.15) is 0 Å². The molecular formula is C12H25N3O2. The smallest absolute Gasteiger partial charge is 0.239 e. The van der Waals surface area contributed by atoms with E-state index in [0.717, 1.165) is 32.6 Å².